The van der Waals surface area contributed by atoms with Crippen LogP contribution >= 0.6 is 0 Å². The minimum Gasteiger partial charge on any atom is -0.480 e. The molecule has 1 unspecified atom stereocenters. The number of sulfonamides is 1. The van der Waals surface area contributed by atoms with Crippen LogP contribution < -0.4 is 10.0 Å². The third-order valence-corrected chi connectivity index (χ3v) is 5.33. The second-order valence-corrected chi connectivity index (χ2v) is 7.88. The Labute approximate surface area is 162 Å². The third kappa shape index (κ3) is 5.90. The molecule has 2 rings (SSSR count). The van der Waals surface area contributed by atoms with Gasteiger partial charge in [0.25, 0.3) is 0 Å². The lowest BCUT2D eigenvalue weighted by Gasteiger charge is -2.15. The van der Waals surface area contributed by atoms with Crippen LogP contribution in [0.4, 0.5) is 0 Å². The van der Waals surface area contributed by atoms with Gasteiger partial charge < -0.3 is 10.4 Å². The summed E-state index contributed by atoms with van der Waals surface area (Å²) in [6, 6.07) is 13.1. The van der Waals surface area contributed by atoms with Crippen molar-refractivity contribution < 1.29 is 23.1 Å². The number of carbonyl (C=O) groups excluding carboxylic acids is 1. The lowest BCUT2D eigenvalue weighted by molar-refractivity contribution is -0.141. The highest BCUT2D eigenvalue weighted by molar-refractivity contribution is 7.89. The number of aryl methyl sites for hydroxylation is 1. The fourth-order valence-electron chi connectivity index (χ4n) is 2.36. The van der Waals surface area contributed by atoms with Gasteiger partial charge in [0.1, 0.15) is 6.04 Å². The van der Waals surface area contributed by atoms with Gasteiger partial charge in [-0.25, -0.2) is 17.9 Å². The molecular weight excluding hydrogens is 382 g/mol. The van der Waals surface area contributed by atoms with Gasteiger partial charge >= 0.3 is 5.97 Å². The van der Waals surface area contributed by atoms with Gasteiger partial charge in [-0.2, -0.15) is 5.26 Å². The molecule has 0 aromatic heterocycles. The van der Waals surface area contributed by atoms with Crippen molar-refractivity contribution in [1.82, 2.24) is 10.0 Å². The Morgan fingerprint density at radius 3 is 2.25 bits per heavy atom. The first-order valence-corrected chi connectivity index (χ1v) is 9.77. The van der Waals surface area contributed by atoms with Crippen LogP contribution in [0.15, 0.2) is 53.4 Å². The number of nitrogens with zero attached hydrogens (tertiary/aromatic N) is 1. The molecule has 0 aliphatic carbocycles. The largest absolute Gasteiger partial charge is 0.480 e. The van der Waals surface area contributed by atoms with Crippen molar-refractivity contribution in [2.75, 3.05) is 6.54 Å². The zero-order chi connectivity index (χ0) is 20.7. The fraction of sp³-hybridized carbons (Fsp3) is 0.211. The number of carbonyl (C=O) groups is 2. The van der Waals surface area contributed by atoms with Crippen molar-refractivity contribution in [2.45, 2.75) is 24.3 Å². The van der Waals surface area contributed by atoms with Crippen molar-refractivity contribution in [3.63, 3.8) is 0 Å². The van der Waals surface area contributed by atoms with E-state index in [4.69, 9.17) is 5.26 Å². The molecule has 1 amide bonds. The molecule has 9 heteroatoms. The number of aliphatic carboxylic acids is 1. The molecule has 2 aromatic rings. The number of nitriles is 1. The Morgan fingerprint density at radius 2 is 1.71 bits per heavy atom. The molecule has 8 nitrogen and oxygen atoms in total. The second kappa shape index (κ2) is 9.12. The van der Waals surface area contributed by atoms with E-state index >= 15 is 0 Å². The highest BCUT2D eigenvalue weighted by Gasteiger charge is 2.22. The van der Waals surface area contributed by atoms with E-state index in [1.165, 1.54) is 12.1 Å². The van der Waals surface area contributed by atoms with Crippen LogP contribution in [-0.2, 0) is 26.0 Å². The molecule has 0 aliphatic heterocycles. The zero-order valence-electron chi connectivity index (χ0n) is 15.0. The summed E-state index contributed by atoms with van der Waals surface area (Å²) in [6.45, 7) is 1.23. The smallest absolute Gasteiger partial charge is 0.326 e. The lowest BCUT2D eigenvalue weighted by atomic mass is 10.0. The number of carboxylic acids is 1. The molecule has 0 bridgehead atoms. The van der Waals surface area contributed by atoms with Crippen molar-refractivity contribution in [2.24, 2.45) is 0 Å². The van der Waals surface area contributed by atoms with Gasteiger partial charge in [0.05, 0.1) is 23.1 Å². The van der Waals surface area contributed by atoms with E-state index in [2.05, 4.69) is 10.0 Å². The van der Waals surface area contributed by atoms with Gasteiger partial charge in [0.2, 0.25) is 15.9 Å². The summed E-state index contributed by atoms with van der Waals surface area (Å²) in [7, 11) is -3.88. The molecule has 28 heavy (non-hydrogen) atoms. The maximum atomic E-state index is 12.2. The highest BCUT2D eigenvalue weighted by Crippen LogP contribution is 2.10. The monoisotopic (exact) mass is 401 g/mol. The Kier molecular flexibility index (Phi) is 6.87. The molecule has 2 aromatic carbocycles. The SMILES string of the molecule is Cc1ccc(S(=O)(=O)NCC(=O)NC(Cc2ccc(C#N)cc2)C(=O)O)cc1. The van der Waals surface area contributed by atoms with Gasteiger partial charge in [0.15, 0.2) is 0 Å². The molecule has 0 aliphatic rings. The Bertz CT molecular complexity index is 993. The van der Waals surface area contributed by atoms with E-state index in [9.17, 15) is 23.1 Å². The predicted octanol–water partition coefficient (Wildman–Crippen LogP) is 0.957. The van der Waals surface area contributed by atoms with Gasteiger partial charge in [-0.05, 0) is 36.8 Å². The average molecular weight is 401 g/mol. The standard InChI is InChI=1S/C19H19N3O5S/c1-13-2-8-16(9-3-13)28(26,27)21-12-18(23)22-17(19(24)25)10-14-4-6-15(11-20)7-5-14/h2-9,17,21H,10,12H2,1H3,(H,22,23)(H,24,25). The van der Waals surface area contributed by atoms with Crippen molar-refractivity contribution in [3.8, 4) is 6.07 Å². The molecule has 146 valence electrons. The topological polar surface area (TPSA) is 136 Å². The summed E-state index contributed by atoms with van der Waals surface area (Å²) in [5.74, 6) is -2.02. The first-order chi connectivity index (χ1) is 13.2. The highest BCUT2D eigenvalue weighted by atomic mass is 32.2. The molecule has 0 spiro atoms. The quantitative estimate of drug-likeness (QED) is 0.603. The first-order valence-electron chi connectivity index (χ1n) is 8.29. The van der Waals surface area contributed by atoms with Crippen molar-refractivity contribution in [3.05, 3.63) is 65.2 Å². The van der Waals surface area contributed by atoms with Crippen LogP contribution in [0, 0.1) is 18.3 Å². The lowest BCUT2D eigenvalue weighted by Crippen LogP contribution is -2.46. The second-order valence-electron chi connectivity index (χ2n) is 6.11. The van der Waals surface area contributed by atoms with E-state index < -0.39 is 34.5 Å². The Balaban J connectivity index is 1.97. The van der Waals surface area contributed by atoms with Crippen LogP contribution in [0.1, 0.15) is 16.7 Å². The zero-order valence-corrected chi connectivity index (χ0v) is 15.9. The van der Waals surface area contributed by atoms with E-state index in [0.717, 1.165) is 5.56 Å². The molecule has 0 radical (unpaired) electrons. The van der Waals surface area contributed by atoms with Crippen molar-refractivity contribution in [1.29, 1.82) is 5.26 Å². The van der Waals surface area contributed by atoms with E-state index in [0.29, 0.717) is 11.1 Å². The van der Waals surface area contributed by atoms with Gasteiger partial charge in [-0.1, -0.05) is 29.8 Å². The molecule has 0 saturated carbocycles. The number of hydrogen-bond acceptors (Lipinski definition) is 5. The van der Waals surface area contributed by atoms with Gasteiger partial charge in [0, 0.05) is 6.42 Å². The molecule has 0 fully saturated rings. The molecular formula is C19H19N3O5S. The molecule has 0 saturated heterocycles. The summed E-state index contributed by atoms with van der Waals surface area (Å²) in [6.07, 6.45) is -0.00249. The maximum Gasteiger partial charge on any atom is 0.326 e. The van der Waals surface area contributed by atoms with Crippen LogP contribution in [0.2, 0.25) is 0 Å². The Hall–Kier alpha value is -3.22. The summed E-state index contributed by atoms with van der Waals surface area (Å²) in [5.41, 5.74) is 1.95. The number of benzene rings is 2. The Morgan fingerprint density at radius 1 is 1.11 bits per heavy atom. The van der Waals surface area contributed by atoms with Crippen LogP contribution in [-0.4, -0.2) is 38.0 Å². The minimum atomic E-state index is -3.88. The average Bonchev–Trinajstić information content (AvgIpc) is 2.67. The van der Waals surface area contributed by atoms with Crippen LogP contribution in [0.5, 0.6) is 0 Å². The maximum absolute atomic E-state index is 12.2. The first kappa shape index (κ1) is 21.1. The number of hydrogen-bond donors (Lipinski definition) is 3. The summed E-state index contributed by atoms with van der Waals surface area (Å²) >= 11 is 0. The molecule has 3 N–H and O–H groups in total. The summed E-state index contributed by atoms with van der Waals surface area (Å²) < 4.78 is 26.5. The number of nitrogens with one attached hydrogen (secondary N) is 2. The molecule has 0 heterocycles. The van der Waals surface area contributed by atoms with Gasteiger partial charge in [-0.3, -0.25) is 4.79 Å². The summed E-state index contributed by atoms with van der Waals surface area (Å²) in [4.78, 5) is 23.5. The number of carboxylic acid groups (broad SMARTS) is 1. The van der Waals surface area contributed by atoms with Crippen molar-refractivity contribution >= 4 is 21.9 Å². The predicted molar refractivity (Wildman–Crippen MR) is 101 cm³/mol. The van der Waals surface area contributed by atoms with E-state index in [1.54, 1.807) is 36.4 Å². The normalized spacial score (nSPS) is 12.0. The minimum absolute atomic E-state index is 0.00249. The van der Waals surface area contributed by atoms with E-state index in [-0.39, 0.29) is 11.3 Å². The van der Waals surface area contributed by atoms with Crippen LogP contribution in [0.3, 0.4) is 0 Å². The van der Waals surface area contributed by atoms with Crippen LogP contribution in [0.25, 0.3) is 0 Å². The third-order valence-electron chi connectivity index (χ3n) is 3.91. The van der Waals surface area contributed by atoms with Gasteiger partial charge in [-0.15, -0.1) is 0 Å². The number of amides is 1. The van der Waals surface area contributed by atoms with E-state index in [1.807, 2.05) is 13.0 Å². The number of rotatable bonds is 8. The molecule has 1 atom stereocenters. The fourth-order valence-corrected chi connectivity index (χ4v) is 3.34. The summed E-state index contributed by atoms with van der Waals surface area (Å²) in [5, 5.41) is 20.4.